The van der Waals surface area contributed by atoms with E-state index in [1.165, 1.54) is 13.2 Å². The third-order valence-corrected chi connectivity index (χ3v) is 2.46. The number of benzene rings is 1. The molecule has 0 atom stereocenters. The molecule has 0 aliphatic rings. The summed E-state index contributed by atoms with van der Waals surface area (Å²) in [6.45, 7) is 0.718. The number of aromatic nitrogens is 2. The van der Waals surface area contributed by atoms with Crippen molar-refractivity contribution >= 4 is 0 Å². The van der Waals surface area contributed by atoms with Gasteiger partial charge >= 0.3 is 0 Å². The van der Waals surface area contributed by atoms with E-state index in [4.69, 9.17) is 9.15 Å². The van der Waals surface area contributed by atoms with Crippen molar-refractivity contribution in [2.75, 3.05) is 20.7 Å². The summed E-state index contributed by atoms with van der Waals surface area (Å²) in [5.74, 6) is 0.526. The van der Waals surface area contributed by atoms with Crippen LogP contribution in [0.2, 0.25) is 0 Å². The van der Waals surface area contributed by atoms with Gasteiger partial charge in [-0.2, -0.15) is 0 Å². The number of ether oxygens (including phenoxy) is 1. The van der Waals surface area contributed by atoms with Gasteiger partial charge in [-0.15, -0.1) is 10.2 Å². The number of halogens is 1. The number of methoxy groups -OCH3 is 1. The average molecular weight is 251 g/mol. The lowest BCUT2D eigenvalue weighted by Crippen LogP contribution is -2.10. The predicted octanol–water partition coefficient (Wildman–Crippen LogP) is 1.65. The van der Waals surface area contributed by atoms with Gasteiger partial charge in [0.15, 0.2) is 0 Å². The molecule has 1 heterocycles. The summed E-state index contributed by atoms with van der Waals surface area (Å²) in [5, 5.41) is 10.7. The highest BCUT2D eigenvalue weighted by molar-refractivity contribution is 5.63. The Morgan fingerprint density at radius 2 is 2.22 bits per heavy atom. The van der Waals surface area contributed by atoms with E-state index in [2.05, 4.69) is 15.5 Å². The van der Waals surface area contributed by atoms with E-state index < -0.39 is 5.82 Å². The monoisotopic (exact) mass is 251 g/mol. The molecule has 18 heavy (non-hydrogen) atoms. The Morgan fingerprint density at radius 3 is 2.94 bits per heavy atom. The Labute approximate surface area is 104 Å². The predicted molar refractivity (Wildman–Crippen MR) is 63.9 cm³/mol. The molecular weight excluding hydrogens is 237 g/mol. The normalized spacial score (nSPS) is 10.6. The van der Waals surface area contributed by atoms with Crippen molar-refractivity contribution in [3.05, 3.63) is 29.9 Å². The lowest BCUT2D eigenvalue weighted by molar-refractivity contribution is 0.409. The minimum absolute atomic E-state index is 0.135. The van der Waals surface area contributed by atoms with Gasteiger partial charge in [-0.05, 0) is 19.2 Å². The fourth-order valence-corrected chi connectivity index (χ4v) is 1.57. The highest BCUT2D eigenvalue weighted by Gasteiger charge is 2.17. The first kappa shape index (κ1) is 12.5. The maximum absolute atomic E-state index is 13.8. The van der Waals surface area contributed by atoms with Gasteiger partial charge in [-0.3, -0.25) is 0 Å². The summed E-state index contributed by atoms with van der Waals surface area (Å²) in [4.78, 5) is 0. The van der Waals surface area contributed by atoms with Crippen LogP contribution in [0.25, 0.3) is 11.5 Å². The van der Waals surface area contributed by atoms with Gasteiger partial charge in [-0.25, -0.2) is 4.39 Å². The van der Waals surface area contributed by atoms with Crippen LogP contribution < -0.4 is 10.1 Å². The maximum Gasteiger partial charge on any atom is 0.254 e. The minimum Gasteiger partial charge on any atom is -0.496 e. The SMILES string of the molecule is CNCCc1nnc(-c2c(F)cccc2OC)o1. The molecule has 0 amide bonds. The first-order valence-corrected chi connectivity index (χ1v) is 5.56. The molecule has 2 rings (SSSR count). The van der Waals surface area contributed by atoms with Gasteiger partial charge in [0, 0.05) is 13.0 Å². The molecule has 96 valence electrons. The van der Waals surface area contributed by atoms with E-state index in [1.807, 2.05) is 7.05 Å². The van der Waals surface area contributed by atoms with E-state index in [-0.39, 0.29) is 11.5 Å². The topological polar surface area (TPSA) is 60.2 Å². The van der Waals surface area contributed by atoms with Crippen molar-refractivity contribution in [2.45, 2.75) is 6.42 Å². The number of rotatable bonds is 5. The van der Waals surface area contributed by atoms with Crippen LogP contribution in [0.4, 0.5) is 4.39 Å². The molecular formula is C12H14FN3O2. The summed E-state index contributed by atoms with van der Waals surface area (Å²) in [5.41, 5.74) is 0.197. The summed E-state index contributed by atoms with van der Waals surface area (Å²) >= 11 is 0. The third-order valence-electron chi connectivity index (χ3n) is 2.46. The number of nitrogens with one attached hydrogen (secondary N) is 1. The van der Waals surface area contributed by atoms with Crippen molar-refractivity contribution in [2.24, 2.45) is 0 Å². The van der Waals surface area contributed by atoms with Crippen molar-refractivity contribution in [3.63, 3.8) is 0 Å². The molecule has 0 unspecified atom stereocenters. The summed E-state index contributed by atoms with van der Waals surface area (Å²) in [7, 11) is 3.30. The lowest BCUT2D eigenvalue weighted by atomic mass is 10.2. The van der Waals surface area contributed by atoms with Crippen LogP contribution in [0, 0.1) is 5.82 Å². The zero-order valence-electron chi connectivity index (χ0n) is 10.2. The molecule has 1 N–H and O–H groups in total. The Bertz CT molecular complexity index is 528. The Balaban J connectivity index is 2.33. The second-order valence-corrected chi connectivity index (χ2v) is 3.67. The number of likely N-dealkylation sites (N-methyl/N-ethyl adjacent to an activating group) is 1. The van der Waals surface area contributed by atoms with Crippen molar-refractivity contribution in [3.8, 4) is 17.2 Å². The van der Waals surface area contributed by atoms with Crippen LogP contribution in [0.15, 0.2) is 22.6 Å². The average Bonchev–Trinajstić information content (AvgIpc) is 2.84. The van der Waals surface area contributed by atoms with Crippen LogP contribution in [0.5, 0.6) is 5.75 Å². The molecule has 0 spiro atoms. The summed E-state index contributed by atoms with van der Waals surface area (Å²) < 4.78 is 24.3. The molecule has 0 aliphatic heterocycles. The van der Waals surface area contributed by atoms with Crippen LogP contribution in [0.3, 0.4) is 0 Å². The number of hydrogen-bond acceptors (Lipinski definition) is 5. The fourth-order valence-electron chi connectivity index (χ4n) is 1.57. The quantitative estimate of drug-likeness (QED) is 0.875. The molecule has 0 radical (unpaired) electrons. The second kappa shape index (κ2) is 5.59. The fraction of sp³-hybridized carbons (Fsp3) is 0.333. The van der Waals surface area contributed by atoms with Gasteiger partial charge in [0.05, 0.1) is 7.11 Å². The molecule has 5 nitrogen and oxygen atoms in total. The van der Waals surface area contributed by atoms with Crippen LogP contribution in [-0.2, 0) is 6.42 Å². The second-order valence-electron chi connectivity index (χ2n) is 3.67. The zero-order valence-corrected chi connectivity index (χ0v) is 10.2. The van der Waals surface area contributed by atoms with E-state index in [1.54, 1.807) is 12.1 Å². The van der Waals surface area contributed by atoms with Crippen molar-refractivity contribution in [1.29, 1.82) is 0 Å². The number of hydrogen-bond donors (Lipinski definition) is 1. The Kier molecular flexibility index (Phi) is 3.88. The van der Waals surface area contributed by atoms with Gasteiger partial charge < -0.3 is 14.5 Å². The van der Waals surface area contributed by atoms with E-state index in [0.29, 0.717) is 18.1 Å². The molecule has 0 bridgehead atoms. The van der Waals surface area contributed by atoms with Gasteiger partial charge in [0.1, 0.15) is 17.1 Å². The van der Waals surface area contributed by atoms with Gasteiger partial charge in [0.2, 0.25) is 5.89 Å². The summed E-state index contributed by atoms with van der Waals surface area (Å²) in [6, 6.07) is 4.54. The zero-order chi connectivity index (χ0) is 13.0. The van der Waals surface area contributed by atoms with Crippen molar-refractivity contribution in [1.82, 2.24) is 15.5 Å². The van der Waals surface area contributed by atoms with E-state index in [9.17, 15) is 4.39 Å². The molecule has 0 saturated carbocycles. The van der Waals surface area contributed by atoms with Gasteiger partial charge in [-0.1, -0.05) is 6.07 Å². The third kappa shape index (κ3) is 2.48. The smallest absolute Gasteiger partial charge is 0.254 e. The van der Waals surface area contributed by atoms with Crippen LogP contribution in [0.1, 0.15) is 5.89 Å². The van der Waals surface area contributed by atoms with E-state index >= 15 is 0 Å². The molecule has 6 heteroatoms. The minimum atomic E-state index is -0.446. The standard InChI is InChI=1S/C12H14FN3O2/c1-14-7-6-10-15-16-12(18-10)11-8(13)4-3-5-9(11)17-2/h3-5,14H,6-7H2,1-2H3. The molecule has 0 aliphatic carbocycles. The first-order chi connectivity index (χ1) is 8.76. The Hall–Kier alpha value is -1.95. The molecule has 0 saturated heterocycles. The molecule has 1 aromatic heterocycles. The maximum atomic E-state index is 13.8. The van der Waals surface area contributed by atoms with E-state index in [0.717, 1.165) is 6.54 Å². The number of nitrogens with zero attached hydrogens (tertiary/aromatic N) is 2. The highest BCUT2D eigenvalue weighted by Crippen LogP contribution is 2.31. The van der Waals surface area contributed by atoms with Crippen molar-refractivity contribution < 1.29 is 13.5 Å². The molecule has 0 fully saturated rings. The van der Waals surface area contributed by atoms with Crippen LogP contribution in [-0.4, -0.2) is 30.9 Å². The largest absolute Gasteiger partial charge is 0.496 e. The van der Waals surface area contributed by atoms with Gasteiger partial charge in [0.25, 0.3) is 5.89 Å². The first-order valence-electron chi connectivity index (χ1n) is 5.56. The molecule has 2 aromatic rings. The van der Waals surface area contributed by atoms with Crippen LogP contribution >= 0.6 is 0 Å². The lowest BCUT2D eigenvalue weighted by Gasteiger charge is -2.05. The highest BCUT2D eigenvalue weighted by atomic mass is 19.1. The molecule has 1 aromatic carbocycles. The Morgan fingerprint density at radius 1 is 1.39 bits per heavy atom. The summed E-state index contributed by atoms with van der Waals surface area (Å²) in [6.07, 6.45) is 0.597.